The van der Waals surface area contributed by atoms with Crippen LogP contribution in [0.15, 0.2) is 18.3 Å². The lowest BCUT2D eigenvalue weighted by Gasteiger charge is -2.46. The van der Waals surface area contributed by atoms with Gasteiger partial charge in [0.2, 0.25) is 0 Å². The molecular weight excluding hydrogens is 196 g/mol. The largest absolute Gasteiger partial charge is 0.355 e. The number of nitrogens with zero attached hydrogens (tertiary/aromatic N) is 2. The highest BCUT2D eigenvalue weighted by atomic mass is 35.5. The maximum atomic E-state index is 5.70. The third kappa shape index (κ3) is 1.85. The average molecular weight is 211 g/mol. The SMILES string of the molecule is CC1(C)CN(c2ccc(CCl)cn2)C1. The van der Waals surface area contributed by atoms with Gasteiger partial charge in [0.15, 0.2) is 0 Å². The van der Waals surface area contributed by atoms with E-state index in [9.17, 15) is 0 Å². The first-order valence-corrected chi connectivity index (χ1v) is 5.40. The highest BCUT2D eigenvalue weighted by molar-refractivity contribution is 6.17. The molecule has 1 fully saturated rings. The lowest BCUT2D eigenvalue weighted by atomic mass is 9.84. The summed E-state index contributed by atoms with van der Waals surface area (Å²) in [5, 5.41) is 0. The molecule has 0 spiro atoms. The Labute approximate surface area is 89.9 Å². The van der Waals surface area contributed by atoms with Crippen molar-refractivity contribution >= 4 is 17.4 Å². The Hall–Kier alpha value is -0.760. The zero-order valence-electron chi connectivity index (χ0n) is 8.63. The second-order valence-corrected chi connectivity index (χ2v) is 4.95. The lowest BCUT2D eigenvalue weighted by molar-refractivity contribution is 0.274. The van der Waals surface area contributed by atoms with Crippen LogP contribution in [0.4, 0.5) is 5.82 Å². The van der Waals surface area contributed by atoms with Crippen LogP contribution in [0.2, 0.25) is 0 Å². The van der Waals surface area contributed by atoms with Crippen LogP contribution in [-0.2, 0) is 5.88 Å². The average Bonchev–Trinajstić information content (AvgIpc) is 2.14. The minimum Gasteiger partial charge on any atom is -0.355 e. The molecule has 0 amide bonds. The molecule has 1 aromatic rings. The second-order valence-electron chi connectivity index (χ2n) is 4.68. The number of halogens is 1. The van der Waals surface area contributed by atoms with Crippen molar-refractivity contribution in [3.8, 4) is 0 Å². The monoisotopic (exact) mass is 210 g/mol. The molecule has 3 heteroatoms. The summed E-state index contributed by atoms with van der Waals surface area (Å²) in [5.41, 5.74) is 1.53. The fraction of sp³-hybridized carbons (Fsp3) is 0.545. The number of anilines is 1. The molecule has 0 aromatic carbocycles. The van der Waals surface area contributed by atoms with Crippen molar-refractivity contribution in [1.29, 1.82) is 0 Å². The van der Waals surface area contributed by atoms with E-state index in [0.717, 1.165) is 24.5 Å². The van der Waals surface area contributed by atoms with Crippen LogP contribution in [0.1, 0.15) is 19.4 Å². The van der Waals surface area contributed by atoms with E-state index in [1.165, 1.54) is 0 Å². The van der Waals surface area contributed by atoms with Gasteiger partial charge in [-0.15, -0.1) is 11.6 Å². The van der Waals surface area contributed by atoms with E-state index in [1.807, 2.05) is 18.3 Å². The predicted molar refractivity (Wildman–Crippen MR) is 59.8 cm³/mol. The first kappa shape index (κ1) is 9.78. The van der Waals surface area contributed by atoms with Crippen molar-refractivity contribution < 1.29 is 0 Å². The number of hydrogen-bond donors (Lipinski definition) is 0. The molecule has 0 radical (unpaired) electrons. The third-order valence-corrected chi connectivity index (χ3v) is 2.83. The fourth-order valence-corrected chi connectivity index (χ4v) is 1.99. The minimum atomic E-state index is 0.451. The zero-order valence-corrected chi connectivity index (χ0v) is 9.38. The Morgan fingerprint density at radius 1 is 1.43 bits per heavy atom. The van der Waals surface area contributed by atoms with Crippen LogP contribution < -0.4 is 4.90 Å². The molecule has 1 aliphatic rings. The summed E-state index contributed by atoms with van der Waals surface area (Å²) in [5.74, 6) is 1.61. The Morgan fingerprint density at radius 2 is 2.14 bits per heavy atom. The van der Waals surface area contributed by atoms with Crippen LogP contribution in [0.3, 0.4) is 0 Å². The summed E-state index contributed by atoms with van der Waals surface area (Å²) in [6.07, 6.45) is 1.85. The van der Waals surface area contributed by atoms with Gasteiger partial charge in [0.1, 0.15) is 5.82 Å². The standard InChI is InChI=1S/C11H15ClN2/c1-11(2)7-14(8-11)10-4-3-9(5-12)6-13-10/h3-4,6H,5,7-8H2,1-2H3. The van der Waals surface area contributed by atoms with Gasteiger partial charge in [-0.2, -0.15) is 0 Å². The maximum absolute atomic E-state index is 5.70. The van der Waals surface area contributed by atoms with Gasteiger partial charge >= 0.3 is 0 Å². The van der Waals surface area contributed by atoms with Gasteiger partial charge in [0, 0.05) is 25.2 Å². The summed E-state index contributed by atoms with van der Waals surface area (Å²) >= 11 is 5.70. The van der Waals surface area contributed by atoms with Crippen molar-refractivity contribution in [2.75, 3.05) is 18.0 Å². The molecule has 1 aliphatic heterocycles. The molecule has 0 atom stereocenters. The molecule has 14 heavy (non-hydrogen) atoms. The number of hydrogen-bond acceptors (Lipinski definition) is 2. The normalized spacial score (nSPS) is 19.2. The van der Waals surface area contributed by atoms with E-state index in [0.29, 0.717) is 11.3 Å². The summed E-state index contributed by atoms with van der Waals surface area (Å²) in [6, 6.07) is 4.09. The van der Waals surface area contributed by atoms with Gasteiger partial charge < -0.3 is 4.90 Å². The minimum absolute atomic E-state index is 0.451. The molecule has 0 saturated carbocycles. The number of pyridine rings is 1. The summed E-state index contributed by atoms with van der Waals surface area (Å²) in [7, 11) is 0. The van der Waals surface area contributed by atoms with Crippen molar-refractivity contribution in [2.24, 2.45) is 5.41 Å². The smallest absolute Gasteiger partial charge is 0.128 e. The van der Waals surface area contributed by atoms with Crippen LogP contribution in [0, 0.1) is 5.41 Å². The molecular formula is C11H15ClN2. The molecule has 0 unspecified atom stereocenters. The van der Waals surface area contributed by atoms with Gasteiger partial charge in [-0.05, 0) is 17.0 Å². The van der Waals surface area contributed by atoms with Gasteiger partial charge in [0.25, 0.3) is 0 Å². The Kier molecular flexibility index (Phi) is 2.40. The summed E-state index contributed by atoms with van der Waals surface area (Å²) in [6.45, 7) is 6.74. The van der Waals surface area contributed by atoms with Gasteiger partial charge in [0.05, 0.1) is 0 Å². The van der Waals surface area contributed by atoms with Crippen molar-refractivity contribution in [3.63, 3.8) is 0 Å². The molecule has 2 nitrogen and oxygen atoms in total. The molecule has 1 saturated heterocycles. The van der Waals surface area contributed by atoms with Crippen molar-refractivity contribution in [3.05, 3.63) is 23.9 Å². The van der Waals surface area contributed by atoms with E-state index in [-0.39, 0.29) is 0 Å². The first-order valence-electron chi connectivity index (χ1n) is 4.87. The van der Waals surface area contributed by atoms with Crippen LogP contribution in [-0.4, -0.2) is 18.1 Å². The Balaban J connectivity index is 2.05. The fourth-order valence-electron chi connectivity index (χ4n) is 1.83. The van der Waals surface area contributed by atoms with Gasteiger partial charge in [-0.3, -0.25) is 0 Å². The predicted octanol–water partition coefficient (Wildman–Crippen LogP) is 2.67. The van der Waals surface area contributed by atoms with Gasteiger partial charge in [-0.25, -0.2) is 4.98 Å². The third-order valence-electron chi connectivity index (χ3n) is 2.53. The lowest BCUT2D eigenvalue weighted by Crippen LogP contribution is -2.53. The number of rotatable bonds is 2. The highest BCUT2D eigenvalue weighted by Gasteiger charge is 2.34. The second kappa shape index (κ2) is 3.43. The summed E-state index contributed by atoms with van der Waals surface area (Å²) < 4.78 is 0. The molecule has 76 valence electrons. The topological polar surface area (TPSA) is 16.1 Å². The van der Waals surface area contributed by atoms with Crippen LogP contribution >= 0.6 is 11.6 Å². The zero-order chi connectivity index (χ0) is 10.2. The van der Waals surface area contributed by atoms with E-state index in [1.54, 1.807) is 0 Å². The van der Waals surface area contributed by atoms with E-state index < -0.39 is 0 Å². The van der Waals surface area contributed by atoms with Gasteiger partial charge in [-0.1, -0.05) is 19.9 Å². The Bertz CT molecular complexity index is 311. The van der Waals surface area contributed by atoms with Crippen molar-refractivity contribution in [1.82, 2.24) is 4.98 Å². The summed E-state index contributed by atoms with van der Waals surface area (Å²) in [4.78, 5) is 6.67. The van der Waals surface area contributed by atoms with Crippen LogP contribution in [0.5, 0.6) is 0 Å². The maximum Gasteiger partial charge on any atom is 0.128 e. The number of aromatic nitrogens is 1. The molecule has 0 N–H and O–H groups in total. The Morgan fingerprint density at radius 3 is 2.57 bits per heavy atom. The van der Waals surface area contributed by atoms with Crippen LogP contribution in [0.25, 0.3) is 0 Å². The molecule has 0 aliphatic carbocycles. The first-order chi connectivity index (χ1) is 6.61. The quantitative estimate of drug-likeness (QED) is 0.698. The number of alkyl halides is 1. The molecule has 2 heterocycles. The highest BCUT2D eigenvalue weighted by Crippen LogP contribution is 2.32. The van der Waals surface area contributed by atoms with Crippen molar-refractivity contribution in [2.45, 2.75) is 19.7 Å². The molecule has 1 aromatic heterocycles. The van der Waals surface area contributed by atoms with E-state index in [4.69, 9.17) is 11.6 Å². The van der Waals surface area contributed by atoms with E-state index >= 15 is 0 Å². The molecule has 0 bridgehead atoms. The van der Waals surface area contributed by atoms with E-state index in [2.05, 4.69) is 23.7 Å². The molecule has 2 rings (SSSR count).